The van der Waals surface area contributed by atoms with E-state index in [4.69, 9.17) is 17.0 Å². The minimum atomic E-state index is -0.182. The van der Waals surface area contributed by atoms with Crippen molar-refractivity contribution in [2.75, 3.05) is 18.4 Å². The van der Waals surface area contributed by atoms with Crippen LogP contribution in [0, 0.1) is 11.8 Å². The van der Waals surface area contributed by atoms with E-state index in [0.717, 1.165) is 18.8 Å². The molecule has 144 valence electrons. The molecule has 0 spiro atoms. The monoisotopic (exact) mass is 384 g/mol. The van der Waals surface area contributed by atoms with Gasteiger partial charge in [0.25, 0.3) is 11.1 Å². The van der Waals surface area contributed by atoms with Crippen LogP contribution in [0.3, 0.4) is 0 Å². The highest BCUT2D eigenvalue weighted by Crippen LogP contribution is 2.17. The standard InChI is InChI=1S/C22H28N2O2S/c1-16(2)14-24(15-17(3)4)22(27)26-20-12-8-9-18(13-20)21(25)23-19-10-6-5-7-11-19/h5-13,16-17H,14-15H2,1-4H3,(H,23,25). The molecule has 0 bridgehead atoms. The number of thiocarbonyl (C=S) groups is 1. The Morgan fingerprint density at radius 3 is 2.22 bits per heavy atom. The third-order valence-electron chi connectivity index (χ3n) is 3.76. The zero-order valence-corrected chi connectivity index (χ0v) is 17.3. The van der Waals surface area contributed by atoms with Gasteiger partial charge in [-0.15, -0.1) is 0 Å². The number of benzene rings is 2. The number of ether oxygens (including phenoxy) is 1. The molecule has 0 fully saturated rings. The molecule has 0 aromatic heterocycles. The van der Waals surface area contributed by atoms with E-state index in [1.54, 1.807) is 18.2 Å². The molecule has 27 heavy (non-hydrogen) atoms. The van der Waals surface area contributed by atoms with E-state index < -0.39 is 0 Å². The lowest BCUT2D eigenvalue weighted by Gasteiger charge is -2.28. The fourth-order valence-corrected chi connectivity index (χ4v) is 2.94. The van der Waals surface area contributed by atoms with E-state index >= 15 is 0 Å². The molecule has 2 aromatic rings. The van der Waals surface area contributed by atoms with E-state index in [1.165, 1.54) is 0 Å². The predicted molar refractivity (Wildman–Crippen MR) is 115 cm³/mol. The molecule has 5 heteroatoms. The van der Waals surface area contributed by atoms with Gasteiger partial charge in [0.05, 0.1) is 0 Å². The lowest BCUT2D eigenvalue weighted by Crippen LogP contribution is -2.38. The Kier molecular flexibility index (Phi) is 7.80. The second-order valence-corrected chi connectivity index (χ2v) is 7.76. The van der Waals surface area contributed by atoms with E-state index in [1.807, 2.05) is 36.4 Å². The molecule has 1 amide bonds. The second-order valence-electron chi connectivity index (χ2n) is 7.41. The average molecular weight is 385 g/mol. The highest BCUT2D eigenvalue weighted by Gasteiger charge is 2.16. The number of para-hydroxylation sites is 1. The second kappa shape index (κ2) is 10.1. The summed E-state index contributed by atoms with van der Waals surface area (Å²) in [5.41, 5.74) is 1.28. The maximum atomic E-state index is 12.5. The van der Waals surface area contributed by atoms with Crippen LogP contribution in [-0.2, 0) is 0 Å². The Balaban J connectivity index is 2.07. The average Bonchev–Trinajstić information content (AvgIpc) is 2.61. The Morgan fingerprint density at radius 2 is 1.63 bits per heavy atom. The van der Waals surface area contributed by atoms with E-state index in [2.05, 4.69) is 37.9 Å². The summed E-state index contributed by atoms with van der Waals surface area (Å²) >= 11 is 5.51. The number of nitrogens with zero attached hydrogens (tertiary/aromatic N) is 1. The Morgan fingerprint density at radius 1 is 1.00 bits per heavy atom. The minimum absolute atomic E-state index is 0.182. The molecular formula is C22H28N2O2S. The van der Waals surface area contributed by atoms with Crippen molar-refractivity contribution in [3.63, 3.8) is 0 Å². The molecule has 0 saturated carbocycles. The first-order valence-electron chi connectivity index (χ1n) is 9.28. The molecule has 0 radical (unpaired) electrons. The largest absolute Gasteiger partial charge is 0.432 e. The number of rotatable bonds is 7. The van der Waals surface area contributed by atoms with Crippen molar-refractivity contribution < 1.29 is 9.53 Å². The quantitative estimate of drug-likeness (QED) is 0.665. The first-order chi connectivity index (χ1) is 12.8. The van der Waals surface area contributed by atoms with Crippen molar-refractivity contribution in [1.82, 2.24) is 4.90 Å². The molecule has 0 saturated heterocycles. The van der Waals surface area contributed by atoms with Crippen LogP contribution in [0.2, 0.25) is 0 Å². The lowest BCUT2D eigenvalue weighted by atomic mass is 10.1. The highest BCUT2D eigenvalue weighted by atomic mass is 32.1. The van der Waals surface area contributed by atoms with Crippen LogP contribution < -0.4 is 10.1 Å². The van der Waals surface area contributed by atoms with Crippen LogP contribution in [-0.4, -0.2) is 29.1 Å². The SMILES string of the molecule is CC(C)CN(CC(C)C)C(=S)Oc1cccc(C(=O)Nc2ccccc2)c1. The molecule has 2 aromatic carbocycles. The molecule has 0 atom stereocenters. The fraction of sp³-hybridized carbons (Fsp3) is 0.364. The molecule has 0 aliphatic carbocycles. The summed E-state index contributed by atoms with van der Waals surface area (Å²) in [6, 6.07) is 16.5. The molecular weight excluding hydrogens is 356 g/mol. The summed E-state index contributed by atoms with van der Waals surface area (Å²) in [6.45, 7) is 10.3. The number of hydrogen-bond donors (Lipinski definition) is 1. The Labute approximate surface area is 167 Å². The van der Waals surface area contributed by atoms with Crippen molar-refractivity contribution in [3.05, 3.63) is 60.2 Å². The van der Waals surface area contributed by atoms with Crippen molar-refractivity contribution in [3.8, 4) is 5.75 Å². The fourth-order valence-electron chi connectivity index (χ4n) is 2.70. The molecule has 2 rings (SSSR count). The lowest BCUT2D eigenvalue weighted by molar-refractivity contribution is 0.102. The van der Waals surface area contributed by atoms with Crippen LogP contribution >= 0.6 is 12.2 Å². The number of carbonyl (C=O) groups is 1. The number of nitrogens with one attached hydrogen (secondary N) is 1. The number of anilines is 1. The van der Waals surface area contributed by atoms with Gasteiger partial charge in [0.2, 0.25) is 0 Å². The predicted octanol–water partition coefficient (Wildman–Crippen LogP) is 5.22. The van der Waals surface area contributed by atoms with Crippen molar-refractivity contribution >= 4 is 29.0 Å². The van der Waals surface area contributed by atoms with Crippen LogP contribution in [0.25, 0.3) is 0 Å². The Hall–Kier alpha value is -2.40. The molecule has 0 aliphatic heterocycles. The third kappa shape index (κ3) is 7.02. The third-order valence-corrected chi connectivity index (χ3v) is 4.10. The van der Waals surface area contributed by atoms with E-state index in [0.29, 0.717) is 28.3 Å². The summed E-state index contributed by atoms with van der Waals surface area (Å²) in [6.07, 6.45) is 0. The van der Waals surface area contributed by atoms with Crippen LogP contribution in [0.1, 0.15) is 38.1 Å². The molecule has 0 unspecified atom stereocenters. The molecule has 1 N–H and O–H groups in total. The zero-order chi connectivity index (χ0) is 19.8. The van der Waals surface area contributed by atoms with Crippen LogP contribution in [0.5, 0.6) is 5.75 Å². The van der Waals surface area contributed by atoms with Gasteiger partial charge in [-0.2, -0.15) is 0 Å². The normalized spacial score (nSPS) is 10.7. The molecule has 0 aliphatic rings. The van der Waals surface area contributed by atoms with Gasteiger partial charge in [-0.25, -0.2) is 0 Å². The van der Waals surface area contributed by atoms with Gasteiger partial charge in [0.1, 0.15) is 5.75 Å². The van der Waals surface area contributed by atoms with Gasteiger partial charge in [-0.1, -0.05) is 52.0 Å². The van der Waals surface area contributed by atoms with Gasteiger partial charge in [-0.3, -0.25) is 4.79 Å². The number of amides is 1. The molecule has 4 nitrogen and oxygen atoms in total. The smallest absolute Gasteiger partial charge is 0.264 e. The van der Waals surface area contributed by atoms with Gasteiger partial charge in [-0.05, 0) is 54.4 Å². The summed E-state index contributed by atoms with van der Waals surface area (Å²) < 4.78 is 5.90. The summed E-state index contributed by atoms with van der Waals surface area (Å²) in [5.74, 6) is 1.35. The van der Waals surface area contributed by atoms with Crippen LogP contribution in [0.15, 0.2) is 54.6 Å². The maximum Gasteiger partial charge on any atom is 0.264 e. The topological polar surface area (TPSA) is 41.6 Å². The number of hydrogen-bond acceptors (Lipinski definition) is 3. The highest BCUT2D eigenvalue weighted by molar-refractivity contribution is 7.80. The van der Waals surface area contributed by atoms with E-state index in [9.17, 15) is 4.79 Å². The van der Waals surface area contributed by atoms with Crippen molar-refractivity contribution in [1.29, 1.82) is 0 Å². The first kappa shape index (κ1) is 20.9. The minimum Gasteiger partial charge on any atom is -0.432 e. The Bertz CT molecular complexity index is 750. The summed E-state index contributed by atoms with van der Waals surface area (Å²) in [5, 5.41) is 3.32. The van der Waals surface area contributed by atoms with Crippen molar-refractivity contribution in [2.24, 2.45) is 11.8 Å². The van der Waals surface area contributed by atoms with Crippen LogP contribution in [0.4, 0.5) is 5.69 Å². The summed E-state index contributed by atoms with van der Waals surface area (Å²) in [4.78, 5) is 14.6. The first-order valence-corrected chi connectivity index (χ1v) is 9.69. The number of carbonyl (C=O) groups excluding carboxylic acids is 1. The van der Waals surface area contributed by atoms with Gasteiger partial charge in [0, 0.05) is 24.3 Å². The van der Waals surface area contributed by atoms with E-state index in [-0.39, 0.29) is 5.91 Å². The van der Waals surface area contributed by atoms with Gasteiger partial charge < -0.3 is 15.0 Å². The van der Waals surface area contributed by atoms with Crippen molar-refractivity contribution in [2.45, 2.75) is 27.7 Å². The van der Waals surface area contributed by atoms with Gasteiger partial charge in [0.15, 0.2) is 0 Å². The molecule has 0 heterocycles. The maximum absolute atomic E-state index is 12.5. The van der Waals surface area contributed by atoms with Gasteiger partial charge >= 0.3 is 0 Å². The summed E-state index contributed by atoms with van der Waals surface area (Å²) in [7, 11) is 0. The zero-order valence-electron chi connectivity index (χ0n) is 16.4.